The summed E-state index contributed by atoms with van der Waals surface area (Å²) in [5.41, 5.74) is 2.54. The summed E-state index contributed by atoms with van der Waals surface area (Å²) in [5, 5.41) is 8.94. The summed E-state index contributed by atoms with van der Waals surface area (Å²) in [6.07, 6.45) is 9.68. The fourth-order valence-electron chi connectivity index (χ4n) is 3.22. The minimum Gasteiger partial charge on any atom is -0.454 e. The van der Waals surface area contributed by atoms with E-state index in [9.17, 15) is 14.0 Å². The van der Waals surface area contributed by atoms with Crippen molar-refractivity contribution in [3.63, 3.8) is 0 Å². The summed E-state index contributed by atoms with van der Waals surface area (Å²) in [6, 6.07) is 5.67. The Balaban J connectivity index is 1.45. The quantitative estimate of drug-likeness (QED) is 0.417. The summed E-state index contributed by atoms with van der Waals surface area (Å²) in [6.45, 7) is 3.39. The first kappa shape index (κ1) is 24.2. The van der Waals surface area contributed by atoms with Crippen molar-refractivity contribution in [1.82, 2.24) is 10.3 Å². The lowest BCUT2D eigenvalue weighted by Gasteiger charge is -2.18. The molecule has 2 aliphatic carbocycles. The van der Waals surface area contributed by atoms with E-state index in [0.29, 0.717) is 29.4 Å². The Hall–Kier alpha value is -3.98. The molecule has 1 saturated carbocycles. The second kappa shape index (κ2) is 11.0. The number of amides is 2. The largest absolute Gasteiger partial charge is 0.454 e. The second-order valence-electron chi connectivity index (χ2n) is 7.82. The lowest BCUT2D eigenvalue weighted by Crippen LogP contribution is -2.24. The number of halogens is 2. The summed E-state index contributed by atoms with van der Waals surface area (Å²) in [4.78, 5) is 31.7. The van der Waals surface area contributed by atoms with Crippen molar-refractivity contribution < 1.29 is 18.7 Å². The molecule has 1 aromatic carbocycles. The fraction of sp³-hybridized carbons (Fsp3) is 0.200. The molecule has 10 heteroatoms. The maximum atomic E-state index is 14.7. The molecular formula is C25H23ClFN5O3. The van der Waals surface area contributed by atoms with Crippen LogP contribution in [0.25, 0.3) is 0 Å². The number of pyridine rings is 1. The lowest BCUT2D eigenvalue weighted by molar-refractivity contribution is -0.116. The first-order chi connectivity index (χ1) is 16.9. The Morgan fingerprint density at radius 2 is 2.09 bits per heavy atom. The molecule has 180 valence electrons. The molecule has 0 spiro atoms. The molecule has 2 amide bonds. The third-order valence-corrected chi connectivity index (χ3v) is 5.37. The van der Waals surface area contributed by atoms with Gasteiger partial charge < -0.3 is 20.7 Å². The van der Waals surface area contributed by atoms with E-state index in [-0.39, 0.29) is 34.8 Å². The highest BCUT2D eigenvalue weighted by molar-refractivity contribution is 6.33. The van der Waals surface area contributed by atoms with Crippen LogP contribution in [0.4, 0.5) is 15.9 Å². The van der Waals surface area contributed by atoms with E-state index < -0.39 is 5.82 Å². The second-order valence-corrected chi connectivity index (χ2v) is 8.23. The minimum atomic E-state index is -0.656. The van der Waals surface area contributed by atoms with Crippen LogP contribution in [-0.4, -0.2) is 29.1 Å². The number of ether oxygens (including phenoxy) is 1. The average Bonchev–Trinajstić information content (AvgIpc) is 3.65. The zero-order chi connectivity index (χ0) is 24.8. The van der Waals surface area contributed by atoms with Crippen LogP contribution < -0.4 is 20.7 Å². The molecule has 0 atom stereocenters. The molecule has 2 aromatic rings. The number of allylic oxidation sites excluding steroid dienone is 3. The van der Waals surface area contributed by atoms with Crippen LogP contribution >= 0.6 is 11.6 Å². The Labute approximate surface area is 206 Å². The Morgan fingerprint density at radius 3 is 2.86 bits per heavy atom. The lowest BCUT2D eigenvalue weighted by atomic mass is 10.1. The number of hydrogen-bond donors (Lipinski definition) is 3. The van der Waals surface area contributed by atoms with Crippen molar-refractivity contribution in [3.8, 4) is 11.5 Å². The molecule has 2 aliphatic rings. The van der Waals surface area contributed by atoms with Gasteiger partial charge in [-0.2, -0.15) is 0 Å². The molecular weight excluding hydrogens is 473 g/mol. The van der Waals surface area contributed by atoms with Crippen LogP contribution in [0.3, 0.4) is 0 Å². The Bertz CT molecular complexity index is 1270. The predicted octanol–water partition coefficient (Wildman–Crippen LogP) is 5.12. The number of nitrogens with zero attached hydrogens (tertiary/aromatic N) is 2. The molecule has 1 aromatic heterocycles. The van der Waals surface area contributed by atoms with Crippen molar-refractivity contribution in [2.45, 2.75) is 25.7 Å². The highest BCUT2D eigenvalue weighted by atomic mass is 35.5. The van der Waals surface area contributed by atoms with Gasteiger partial charge in [-0.15, -0.1) is 0 Å². The van der Waals surface area contributed by atoms with Crippen LogP contribution in [-0.2, 0) is 9.59 Å². The SMILES string of the molecule is C=CC(=O)NC1=C(Nc2cc(Oc3cc(Cl)c(NCC(=O)N=C4CC4)cc3F)ccn2)C=CCC1. The van der Waals surface area contributed by atoms with Gasteiger partial charge in [0.2, 0.25) is 5.91 Å². The number of rotatable bonds is 9. The summed E-state index contributed by atoms with van der Waals surface area (Å²) >= 11 is 6.26. The van der Waals surface area contributed by atoms with Gasteiger partial charge >= 0.3 is 0 Å². The summed E-state index contributed by atoms with van der Waals surface area (Å²) in [7, 11) is 0. The van der Waals surface area contributed by atoms with Crippen LogP contribution in [0, 0.1) is 5.82 Å². The smallest absolute Gasteiger partial charge is 0.264 e. The Morgan fingerprint density at radius 1 is 1.26 bits per heavy atom. The molecule has 0 unspecified atom stereocenters. The maximum Gasteiger partial charge on any atom is 0.264 e. The van der Waals surface area contributed by atoms with Gasteiger partial charge in [0.25, 0.3) is 5.91 Å². The van der Waals surface area contributed by atoms with Gasteiger partial charge in [-0.05, 0) is 43.9 Å². The molecule has 1 fully saturated rings. The number of aliphatic imine (C=N–C) groups is 1. The number of benzene rings is 1. The van der Waals surface area contributed by atoms with Gasteiger partial charge in [-0.25, -0.2) is 14.4 Å². The van der Waals surface area contributed by atoms with Crippen LogP contribution in [0.5, 0.6) is 11.5 Å². The standard InChI is InChI=1S/C25H23ClFN5O3/c1-2-24(33)32-20-6-4-3-5-19(20)31-23-11-16(9-10-28-23)35-22-12-17(26)21(13-18(22)27)29-14-25(34)30-15-7-8-15/h2-3,5,9-13,29H,1,4,6-8,14H2,(H,28,31)(H,32,33). The zero-order valence-electron chi connectivity index (χ0n) is 18.7. The zero-order valence-corrected chi connectivity index (χ0v) is 19.5. The molecule has 0 bridgehead atoms. The molecule has 35 heavy (non-hydrogen) atoms. The van der Waals surface area contributed by atoms with Gasteiger partial charge in [0.1, 0.15) is 11.6 Å². The molecule has 4 rings (SSSR count). The van der Waals surface area contributed by atoms with E-state index in [0.717, 1.165) is 25.0 Å². The molecule has 3 N–H and O–H groups in total. The normalized spacial score (nSPS) is 14.3. The minimum absolute atomic E-state index is 0.0816. The molecule has 1 heterocycles. The highest BCUT2D eigenvalue weighted by Gasteiger charge is 2.16. The number of aromatic nitrogens is 1. The topological polar surface area (TPSA) is 105 Å². The summed E-state index contributed by atoms with van der Waals surface area (Å²) in [5.74, 6) is -0.609. The molecule has 0 saturated heterocycles. The van der Waals surface area contributed by atoms with Gasteiger partial charge in [-0.1, -0.05) is 24.3 Å². The van der Waals surface area contributed by atoms with E-state index in [1.54, 1.807) is 12.1 Å². The number of carbonyl (C=O) groups is 2. The van der Waals surface area contributed by atoms with Gasteiger partial charge in [0.05, 0.1) is 23.0 Å². The van der Waals surface area contributed by atoms with Crippen molar-refractivity contribution in [3.05, 3.63) is 77.5 Å². The maximum absolute atomic E-state index is 14.7. The first-order valence-electron chi connectivity index (χ1n) is 11.0. The average molecular weight is 496 g/mol. The van der Waals surface area contributed by atoms with Gasteiger partial charge in [0.15, 0.2) is 11.6 Å². The van der Waals surface area contributed by atoms with Gasteiger partial charge in [-0.3, -0.25) is 9.59 Å². The van der Waals surface area contributed by atoms with E-state index in [4.69, 9.17) is 16.3 Å². The first-order valence-corrected chi connectivity index (χ1v) is 11.4. The third-order valence-electron chi connectivity index (χ3n) is 5.06. The number of hydrogen-bond acceptors (Lipinski definition) is 6. The van der Waals surface area contributed by atoms with E-state index in [2.05, 4.69) is 32.5 Å². The van der Waals surface area contributed by atoms with Crippen LogP contribution in [0.2, 0.25) is 5.02 Å². The van der Waals surface area contributed by atoms with Crippen molar-refractivity contribution >= 4 is 40.6 Å². The fourth-order valence-corrected chi connectivity index (χ4v) is 3.44. The summed E-state index contributed by atoms with van der Waals surface area (Å²) < 4.78 is 20.4. The van der Waals surface area contributed by atoms with Gasteiger partial charge in [0, 0.05) is 35.8 Å². The molecule has 8 nitrogen and oxygen atoms in total. The van der Waals surface area contributed by atoms with E-state index >= 15 is 0 Å². The number of anilines is 2. The van der Waals surface area contributed by atoms with Crippen LogP contribution in [0.15, 0.2) is 71.7 Å². The number of nitrogens with one attached hydrogen (secondary N) is 3. The number of carbonyl (C=O) groups excluding carboxylic acids is 2. The monoisotopic (exact) mass is 495 g/mol. The highest BCUT2D eigenvalue weighted by Crippen LogP contribution is 2.33. The van der Waals surface area contributed by atoms with Crippen molar-refractivity contribution in [2.24, 2.45) is 4.99 Å². The Kier molecular flexibility index (Phi) is 7.57. The third kappa shape index (κ3) is 6.77. The van der Waals surface area contributed by atoms with E-state index in [1.165, 1.54) is 24.4 Å². The predicted molar refractivity (Wildman–Crippen MR) is 133 cm³/mol. The van der Waals surface area contributed by atoms with E-state index in [1.807, 2.05) is 12.2 Å². The van der Waals surface area contributed by atoms with Crippen molar-refractivity contribution in [1.29, 1.82) is 0 Å². The molecule has 0 radical (unpaired) electrons. The van der Waals surface area contributed by atoms with Crippen LogP contribution in [0.1, 0.15) is 25.7 Å². The molecule has 0 aliphatic heterocycles. The van der Waals surface area contributed by atoms with Crippen molar-refractivity contribution in [2.75, 3.05) is 17.2 Å².